The molecule has 0 saturated carbocycles. The summed E-state index contributed by atoms with van der Waals surface area (Å²) < 4.78 is 5.43. The van der Waals surface area contributed by atoms with Crippen LogP contribution in [0.15, 0.2) is 36.5 Å². The highest BCUT2D eigenvalue weighted by Crippen LogP contribution is 2.14. The highest BCUT2D eigenvalue weighted by Gasteiger charge is 2.18. The zero-order chi connectivity index (χ0) is 38.0. The van der Waals surface area contributed by atoms with Crippen LogP contribution in [-0.2, 0) is 14.3 Å². The van der Waals surface area contributed by atoms with Crippen molar-refractivity contribution in [3.05, 3.63) is 36.5 Å². The predicted octanol–water partition coefficient (Wildman–Crippen LogP) is 12.6. The molecule has 0 rings (SSSR count). The minimum atomic E-state index is -0.853. The predicted molar refractivity (Wildman–Crippen MR) is 222 cm³/mol. The molecule has 0 aliphatic carbocycles. The summed E-state index contributed by atoms with van der Waals surface area (Å²) in [4.78, 5) is 24.3. The number of carbonyl (C=O) groups is 2. The van der Waals surface area contributed by atoms with Gasteiger partial charge >= 0.3 is 5.97 Å². The summed E-state index contributed by atoms with van der Waals surface area (Å²) in [5.74, 6) is -0.116. The minimum Gasteiger partial charge on any atom is -0.466 e. The van der Waals surface area contributed by atoms with Crippen molar-refractivity contribution in [3.8, 4) is 0 Å². The van der Waals surface area contributed by atoms with E-state index in [0.29, 0.717) is 19.4 Å². The first-order valence-electron chi connectivity index (χ1n) is 22.3. The summed E-state index contributed by atoms with van der Waals surface area (Å²) in [6, 6.07) is -0.638. The Bertz CT molecular complexity index is 854. The molecule has 0 radical (unpaired) electrons. The fourth-order valence-corrected chi connectivity index (χ4v) is 6.43. The summed E-state index contributed by atoms with van der Waals surface area (Å²) in [7, 11) is 0. The van der Waals surface area contributed by atoms with Gasteiger partial charge in [-0.3, -0.25) is 9.59 Å². The number of esters is 1. The molecular formula is C46H85NO5. The summed E-state index contributed by atoms with van der Waals surface area (Å²) in [5, 5.41) is 22.9. The first kappa shape index (κ1) is 50.1. The minimum absolute atomic E-state index is 0.0276. The third kappa shape index (κ3) is 37.8. The summed E-state index contributed by atoms with van der Waals surface area (Å²) >= 11 is 0. The molecule has 0 heterocycles. The summed E-state index contributed by atoms with van der Waals surface area (Å²) in [6.45, 7) is 4.76. The molecule has 6 heteroatoms. The number of hydrogen-bond acceptors (Lipinski definition) is 5. The van der Waals surface area contributed by atoms with E-state index in [1.165, 1.54) is 122 Å². The lowest BCUT2D eigenvalue weighted by molar-refractivity contribution is -0.143. The standard InChI is InChI=1S/C46H85NO5/c1-3-5-7-9-11-13-15-16-20-24-28-32-36-40-46(51)52-41-37-33-29-25-21-18-17-19-23-27-31-35-39-45(50)47-43(42-48)44(49)38-34-30-26-22-14-12-10-8-6-4-2/h7,9,13,15,34,38,43-44,48-49H,3-6,8,10-12,14,16-33,35-37,39-42H2,1-2H3,(H,47,50)/b9-7-,15-13-,38-34+. The molecular weight excluding hydrogens is 647 g/mol. The van der Waals surface area contributed by atoms with Crippen molar-refractivity contribution in [2.24, 2.45) is 0 Å². The van der Waals surface area contributed by atoms with Crippen molar-refractivity contribution >= 4 is 11.9 Å². The Morgan fingerprint density at radius 3 is 1.54 bits per heavy atom. The molecule has 1 amide bonds. The van der Waals surface area contributed by atoms with Crippen LogP contribution in [0.25, 0.3) is 0 Å². The lowest BCUT2D eigenvalue weighted by atomic mass is 10.0. The van der Waals surface area contributed by atoms with Crippen molar-refractivity contribution in [3.63, 3.8) is 0 Å². The average molecular weight is 732 g/mol. The van der Waals surface area contributed by atoms with Crippen molar-refractivity contribution in [1.29, 1.82) is 0 Å². The maximum Gasteiger partial charge on any atom is 0.305 e. The smallest absolute Gasteiger partial charge is 0.305 e. The molecule has 0 aliphatic rings. The van der Waals surface area contributed by atoms with E-state index in [4.69, 9.17) is 4.74 Å². The molecule has 0 aromatic heterocycles. The molecule has 52 heavy (non-hydrogen) atoms. The second-order valence-corrected chi connectivity index (χ2v) is 15.0. The maximum absolute atomic E-state index is 12.3. The topological polar surface area (TPSA) is 95.9 Å². The van der Waals surface area contributed by atoms with Gasteiger partial charge in [-0.25, -0.2) is 0 Å². The molecule has 2 atom stereocenters. The fraction of sp³-hybridized carbons (Fsp3) is 0.826. The molecule has 0 spiro atoms. The van der Waals surface area contributed by atoms with Gasteiger partial charge in [-0.15, -0.1) is 0 Å². The maximum atomic E-state index is 12.3. The Balaban J connectivity index is 3.50. The SMILES string of the molecule is CCC/C=C\C/C=C\CCCCCCCC(=O)OCCCCCCCCCCCCCCC(=O)NC(CO)C(O)/C=C/CCCCCCCCCC. The van der Waals surface area contributed by atoms with Crippen LogP contribution >= 0.6 is 0 Å². The summed E-state index contributed by atoms with van der Waals surface area (Å²) in [6.07, 6.45) is 48.4. The van der Waals surface area contributed by atoms with Crippen molar-refractivity contribution in [2.75, 3.05) is 13.2 Å². The van der Waals surface area contributed by atoms with Crippen LogP contribution in [0.4, 0.5) is 0 Å². The summed E-state index contributed by atoms with van der Waals surface area (Å²) in [5.41, 5.74) is 0. The monoisotopic (exact) mass is 732 g/mol. The highest BCUT2D eigenvalue weighted by atomic mass is 16.5. The molecule has 0 aromatic rings. The quantitative estimate of drug-likeness (QED) is 0.0331. The Kier molecular flexibility index (Phi) is 40.3. The van der Waals surface area contributed by atoms with E-state index in [-0.39, 0.29) is 18.5 Å². The number of allylic oxidation sites excluding steroid dienone is 5. The van der Waals surface area contributed by atoms with Crippen molar-refractivity contribution in [1.82, 2.24) is 5.32 Å². The van der Waals surface area contributed by atoms with Crippen LogP contribution in [0.3, 0.4) is 0 Å². The van der Waals surface area contributed by atoms with Gasteiger partial charge in [-0.2, -0.15) is 0 Å². The molecule has 0 saturated heterocycles. The number of ether oxygens (including phenoxy) is 1. The van der Waals surface area contributed by atoms with E-state index in [0.717, 1.165) is 70.6 Å². The van der Waals surface area contributed by atoms with E-state index in [1.807, 2.05) is 6.08 Å². The van der Waals surface area contributed by atoms with Gasteiger partial charge < -0.3 is 20.3 Å². The van der Waals surface area contributed by atoms with Crippen LogP contribution in [0.2, 0.25) is 0 Å². The Morgan fingerprint density at radius 2 is 1.00 bits per heavy atom. The number of rotatable bonds is 40. The first-order valence-corrected chi connectivity index (χ1v) is 22.3. The van der Waals surface area contributed by atoms with Crippen LogP contribution in [0.1, 0.15) is 219 Å². The van der Waals surface area contributed by atoms with E-state index in [9.17, 15) is 19.8 Å². The largest absolute Gasteiger partial charge is 0.466 e. The average Bonchev–Trinajstić information content (AvgIpc) is 3.14. The van der Waals surface area contributed by atoms with E-state index >= 15 is 0 Å². The lowest BCUT2D eigenvalue weighted by Gasteiger charge is -2.20. The van der Waals surface area contributed by atoms with Gasteiger partial charge in [0.2, 0.25) is 5.91 Å². The molecule has 0 fully saturated rings. The normalized spacial score (nSPS) is 13.1. The van der Waals surface area contributed by atoms with Gasteiger partial charge in [0, 0.05) is 12.8 Å². The van der Waals surface area contributed by atoms with Crippen LogP contribution in [0.5, 0.6) is 0 Å². The molecule has 2 unspecified atom stereocenters. The molecule has 6 nitrogen and oxygen atoms in total. The Morgan fingerprint density at radius 1 is 0.538 bits per heavy atom. The fourth-order valence-electron chi connectivity index (χ4n) is 6.43. The number of amides is 1. The van der Waals surface area contributed by atoms with Crippen LogP contribution in [-0.4, -0.2) is 47.4 Å². The number of aliphatic hydroxyl groups excluding tert-OH is 2. The van der Waals surface area contributed by atoms with Gasteiger partial charge in [-0.1, -0.05) is 185 Å². The lowest BCUT2D eigenvalue weighted by Crippen LogP contribution is -2.45. The van der Waals surface area contributed by atoms with Gasteiger partial charge in [0.1, 0.15) is 0 Å². The Labute approximate surface area is 322 Å². The molecule has 0 aliphatic heterocycles. The van der Waals surface area contributed by atoms with Gasteiger partial charge in [0.25, 0.3) is 0 Å². The van der Waals surface area contributed by atoms with Gasteiger partial charge in [0.15, 0.2) is 0 Å². The van der Waals surface area contributed by atoms with E-state index in [2.05, 4.69) is 43.5 Å². The molecule has 304 valence electrons. The zero-order valence-corrected chi connectivity index (χ0v) is 34.3. The van der Waals surface area contributed by atoms with E-state index < -0.39 is 12.1 Å². The third-order valence-corrected chi connectivity index (χ3v) is 9.89. The molecule has 0 bridgehead atoms. The second-order valence-electron chi connectivity index (χ2n) is 15.0. The number of unbranched alkanes of at least 4 members (excludes halogenated alkanes) is 25. The molecule has 0 aromatic carbocycles. The van der Waals surface area contributed by atoms with Gasteiger partial charge in [-0.05, 0) is 57.8 Å². The number of aliphatic hydroxyl groups is 2. The number of carbonyl (C=O) groups excluding carboxylic acids is 2. The van der Waals surface area contributed by atoms with Crippen LogP contribution in [0, 0.1) is 0 Å². The first-order chi connectivity index (χ1) is 25.5. The van der Waals surface area contributed by atoms with Gasteiger partial charge in [0.05, 0.1) is 25.4 Å². The zero-order valence-electron chi connectivity index (χ0n) is 34.3. The van der Waals surface area contributed by atoms with Crippen molar-refractivity contribution < 1.29 is 24.5 Å². The molecule has 3 N–H and O–H groups in total. The third-order valence-electron chi connectivity index (χ3n) is 9.89. The number of hydrogen-bond donors (Lipinski definition) is 3. The number of nitrogens with one attached hydrogen (secondary N) is 1. The second kappa shape index (κ2) is 41.8. The van der Waals surface area contributed by atoms with E-state index in [1.54, 1.807) is 6.08 Å². The van der Waals surface area contributed by atoms with Crippen molar-refractivity contribution in [2.45, 2.75) is 231 Å². The van der Waals surface area contributed by atoms with Crippen LogP contribution < -0.4 is 5.32 Å². The highest BCUT2D eigenvalue weighted by molar-refractivity contribution is 5.76. The Hall–Kier alpha value is -1.92.